The molecule has 7 heteroatoms. The lowest BCUT2D eigenvalue weighted by Crippen LogP contribution is -2.42. The van der Waals surface area contributed by atoms with E-state index in [0.29, 0.717) is 43.8 Å². The molecule has 0 N–H and O–H groups in total. The van der Waals surface area contributed by atoms with Crippen molar-refractivity contribution in [3.8, 4) is 0 Å². The number of carbonyl (C=O) groups is 1. The van der Waals surface area contributed by atoms with E-state index in [2.05, 4.69) is 4.98 Å². The molecule has 1 aromatic heterocycles. The van der Waals surface area contributed by atoms with Crippen molar-refractivity contribution >= 4 is 5.91 Å². The van der Waals surface area contributed by atoms with Gasteiger partial charge in [0.1, 0.15) is 6.10 Å². The van der Waals surface area contributed by atoms with E-state index >= 15 is 0 Å². The zero-order chi connectivity index (χ0) is 20.3. The average Bonchev–Trinajstić information content (AvgIpc) is 2.66. The van der Waals surface area contributed by atoms with Crippen LogP contribution in [-0.4, -0.2) is 35.5 Å². The zero-order valence-corrected chi connectivity index (χ0v) is 15.9. The molecule has 1 amide bonds. The van der Waals surface area contributed by atoms with E-state index in [1.54, 1.807) is 11.0 Å². The first kappa shape index (κ1) is 20.3. The molecule has 4 nitrogen and oxygen atoms in total. The third kappa shape index (κ3) is 4.90. The Morgan fingerprint density at radius 1 is 1.25 bits per heavy atom. The van der Waals surface area contributed by atoms with Gasteiger partial charge < -0.3 is 9.64 Å². The lowest BCUT2D eigenvalue weighted by molar-refractivity contribution is -0.139. The van der Waals surface area contributed by atoms with E-state index in [1.165, 1.54) is 12.1 Å². The van der Waals surface area contributed by atoms with E-state index in [0.717, 1.165) is 17.3 Å². The molecule has 0 aliphatic carbocycles. The van der Waals surface area contributed by atoms with Gasteiger partial charge in [-0.05, 0) is 42.7 Å². The SMILES string of the molecule is CCC(=O)N1CCO[C@H](c2cc(Cc3cccc(C(F)(F)F)c3)cc(C)n2)C1. The second-order valence-electron chi connectivity index (χ2n) is 6.97. The third-order valence-electron chi connectivity index (χ3n) is 4.75. The molecule has 0 unspecified atom stereocenters. The van der Waals surface area contributed by atoms with E-state index in [4.69, 9.17) is 4.74 Å². The van der Waals surface area contributed by atoms with Crippen molar-refractivity contribution in [3.05, 3.63) is 64.5 Å². The summed E-state index contributed by atoms with van der Waals surface area (Å²) in [5.74, 6) is 0.0742. The fourth-order valence-corrected chi connectivity index (χ4v) is 3.41. The van der Waals surface area contributed by atoms with Crippen molar-refractivity contribution in [2.75, 3.05) is 19.7 Å². The number of rotatable bonds is 4. The van der Waals surface area contributed by atoms with Crippen LogP contribution in [0.1, 0.15) is 47.5 Å². The minimum absolute atomic E-state index is 0.0742. The van der Waals surface area contributed by atoms with Crippen LogP contribution in [0.3, 0.4) is 0 Å². The first-order valence-corrected chi connectivity index (χ1v) is 9.29. The summed E-state index contributed by atoms with van der Waals surface area (Å²) in [4.78, 5) is 18.3. The monoisotopic (exact) mass is 392 g/mol. The Morgan fingerprint density at radius 2 is 2.04 bits per heavy atom. The van der Waals surface area contributed by atoms with Crippen LogP contribution in [0.4, 0.5) is 13.2 Å². The summed E-state index contributed by atoms with van der Waals surface area (Å²) in [5, 5.41) is 0. The van der Waals surface area contributed by atoms with Crippen LogP contribution in [0.2, 0.25) is 0 Å². The van der Waals surface area contributed by atoms with E-state index in [9.17, 15) is 18.0 Å². The molecule has 0 spiro atoms. The van der Waals surface area contributed by atoms with Gasteiger partial charge in [-0.2, -0.15) is 13.2 Å². The van der Waals surface area contributed by atoms with Crippen molar-refractivity contribution in [1.29, 1.82) is 0 Å². The average molecular weight is 392 g/mol. The van der Waals surface area contributed by atoms with Crippen LogP contribution < -0.4 is 0 Å². The van der Waals surface area contributed by atoms with Crippen molar-refractivity contribution in [1.82, 2.24) is 9.88 Å². The first-order valence-electron chi connectivity index (χ1n) is 9.29. The van der Waals surface area contributed by atoms with Crippen LogP contribution in [0.5, 0.6) is 0 Å². The van der Waals surface area contributed by atoms with Gasteiger partial charge in [0.25, 0.3) is 0 Å². The maximum Gasteiger partial charge on any atom is 0.416 e. The highest BCUT2D eigenvalue weighted by atomic mass is 19.4. The molecule has 1 aliphatic rings. The Hall–Kier alpha value is -2.41. The summed E-state index contributed by atoms with van der Waals surface area (Å²) in [7, 11) is 0. The summed E-state index contributed by atoms with van der Waals surface area (Å²) in [6, 6.07) is 9.07. The summed E-state index contributed by atoms with van der Waals surface area (Å²) >= 11 is 0. The number of hydrogen-bond acceptors (Lipinski definition) is 3. The van der Waals surface area contributed by atoms with Crippen molar-refractivity contribution in [3.63, 3.8) is 0 Å². The van der Waals surface area contributed by atoms with E-state index in [1.807, 2.05) is 26.0 Å². The van der Waals surface area contributed by atoms with Crippen LogP contribution in [0.25, 0.3) is 0 Å². The van der Waals surface area contributed by atoms with Gasteiger partial charge in [0.05, 0.1) is 24.4 Å². The number of amides is 1. The van der Waals surface area contributed by atoms with Crippen LogP contribution in [-0.2, 0) is 22.1 Å². The number of halogens is 3. The Labute approximate surface area is 162 Å². The summed E-state index contributed by atoms with van der Waals surface area (Å²) < 4.78 is 44.7. The molecule has 3 rings (SSSR count). The Kier molecular flexibility index (Phi) is 6.03. The van der Waals surface area contributed by atoms with Gasteiger partial charge in [-0.25, -0.2) is 0 Å². The standard InChI is InChI=1S/C21H23F3N2O2/c1-3-20(27)26-7-8-28-19(13-26)18-12-16(9-14(2)25-18)10-15-5-4-6-17(11-15)21(22,23)24/h4-6,9,11-12,19H,3,7-8,10,13H2,1-2H3/t19-/m0/s1. The van der Waals surface area contributed by atoms with Crippen LogP contribution >= 0.6 is 0 Å². The maximum absolute atomic E-state index is 13.0. The molecule has 1 saturated heterocycles. The third-order valence-corrected chi connectivity index (χ3v) is 4.75. The van der Waals surface area contributed by atoms with Gasteiger partial charge in [0.2, 0.25) is 5.91 Å². The number of hydrogen-bond donors (Lipinski definition) is 0. The van der Waals surface area contributed by atoms with Crippen molar-refractivity contribution in [2.45, 2.75) is 39.0 Å². The Balaban J connectivity index is 1.81. The zero-order valence-electron chi connectivity index (χ0n) is 15.9. The maximum atomic E-state index is 13.0. The number of morpholine rings is 1. The normalized spacial score (nSPS) is 17.6. The number of carbonyl (C=O) groups excluding carboxylic acids is 1. The molecule has 1 aliphatic heterocycles. The fraction of sp³-hybridized carbons (Fsp3) is 0.429. The lowest BCUT2D eigenvalue weighted by Gasteiger charge is -2.32. The summed E-state index contributed by atoms with van der Waals surface area (Å²) in [6.45, 7) is 5.11. The van der Waals surface area contributed by atoms with Crippen LogP contribution in [0.15, 0.2) is 36.4 Å². The predicted molar refractivity (Wildman–Crippen MR) is 98.8 cm³/mol. The summed E-state index contributed by atoms with van der Waals surface area (Å²) in [5.41, 5.74) is 2.26. The Morgan fingerprint density at radius 3 is 2.75 bits per heavy atom. The van der Waals surface area contributed by atoms with Gasteiger partial charge in [0, 0.05) is 18.7 Å². The molecule has 150 valence electrons. The lowest BCUT2D eigenvalue weighted by atomic mass is 10.0. The topological polar surface area (TPSA) is 42.4 Å². The minimum Gasteiger partial charge on any atom is -0.368 e. The molecule has 1 fully saturated rings. The Bertz CT molecular complexity index is 852. The molecular weight excluding hydrogens is 369 g/mol. The highest BCUT2D eigenvalue weighted by Crippen LogP contribution is 2.30. The van der Waals surface area contributed by atoms with E-state index in [-0.39, 0.29) is 12.0 Å². The summed E-state index contributed by atoms with van der Waals surface area (Å²) in [6.07, 6.45) is -3.88. The second-order valence-corrected chi connectivity index (χ2v) is 6.97. The number of aromatic nitrogens is 1. The number of benzene rings is 1. The van der Waals surface area contributed by atoms with Gasteiger partial charge in [0.15, 0.2) is 0 Å². The predicted octanol–water partition coefficient (Wildman–Crippen LogP) is 4.31. The smallest absolute Gasteiger partial charge is 0.368 e. The number of nitrogens with zero attached hydrogens (tertiary/aromatic N) is 2. The molecular formula is C21H23F3N2O2. The molecule has 1 aromatic carbocycles. The quantitative estimate of drug-likeness (QED) is 0.779. The number of pyridine rings is 1. The molecule has 0 saturated carbocycles. The molecule has 1 atom stereocenters. The second kappa shape index (κ2) is 8.31. The van der Waals surface area contributed by atoms with Gasteiger partial charge in [-0.3, -0.25) is 9.78 Å². The number of ether oxygens (including phenoxy) is 1. The van der Waals surface area contributed by atoms with Gasteiger partial charge in [-0.15, -0.1) is 0 Å². The highest BCUT2D eigenvalue weighted by Gasteiger charge is 2.30. The van der Waals surface area contributed by atoms with Gasteiger partial charge in [-0.1, -0.05) is 25.1 Å². The first-order chi connectivity index (χ1) is 13.3. The van der Waals surface area contributed by atoms with Crippen molar-refractivity contribution in [2.24, 2.45) is 0 Å². The largest absolute Gasteiger partial charge is 0.416 e. The molecule has 2 aromatic rings. The fourth-order valence-electron chi connectivity index (χ4n) is 3.41. The number of aryl methyl sites for hydroxylation is 1. The molecule has 28 heavy (non-hydrogen) atoms. The van der Waals surface area contributed by atoms with Crippen LogP contribution in [0, 0.1) is 6.92 Å². The molecule has 0 bridgehead atoms. The van der Waals surface area contributed by atoms with Gasteiger partial charge >= 0.3 is 6.18 Å². The molecule has 2 heterocycles. The molecule has 0 radical (unpaired) electrons. The number of alkyl halides is 3. The van der Waals surface area contributed by atoms with Crippen molar-refractivity contribution < 1.29 is 22.7 Å². The van der Waals surface area contributed by atoms with E-state index < -0.39 is 11.7 Å². The minimum atomic E-state index is -4.36. The highest BCUT2D eigenvalue weighted by molar-refractivity contribution is 5.75.